The van der Waals surface area contributed by atoms with Crippen molar-refractivity contribution in [3.05, 3.63) is 66.4 Å². The lowest BCUT2D eigenvalue weighted by Crippen LogP contribution is -2.51. The van der Waals surface area contributed by atoms with Crippen LogP contribution in [0.15, 0.2) is 65.8 Å². The Balaban J connectivity index is 1.25. The van der Waals surface area contributed by atoms with Crippen LogP contribution in [0.25, 0.3) is 11.1 Å². The molecule has 3 aliphatic heterocycles. The Morgan fingerprint density at radius 3 is 2.34 bits per heavy atom. The molecule has 6 rings (SSSR count). The van der Waals surface area contributed by atoms with Crippen molar-refractivity contribution in [1.29, 1.82) is 0 Å². The number of aliphatic hydroxyl groups is 2. The van der Waals surface area contributed by atoms with E-state index in [-0.39, 0.29) is 24.9 Å². The maximum atomic E-state index is 11.7. The van der Waals surface area contributed by atoms with Gasteiger partial charge in [0.05, 0.1) is 31.4 Å². The fourth-order valence-electron chi connectivity index (χ4n) is 5.11. The molecule has 2 amide bonds. The third kappa shape index (κ3) is 4.40. The van der Waals surface area contributed by atoms with E-state index in [0.717, 1.165) is 28.1 Å². The highest BCUT2D eigenvalue weighted by molar-refractivity contribution is 6.02. The van der Waals surface area contributed by atoms with Gasteiger partial charge in [-0.2, -0.15) is 0 Å². The molecule has 2 aromatic carbocycles. The van der Waals surface area contributed by atoms with Crippen LogP contribution in [0.2, 0.25) is 0 Å². The zero-order chi connectivity index (χ0) is 26.4. The molecule has 0 bridgehead atoms. The van der Waals surface area contributed by atoms with Gasteiger partial charge in [-0.25, -0.2) is 4.99 Å². The lowest BCUT2D eigenvalue weighted by Gasteiger charge is -2.28. The highest BCUT2D eigenvalue weighted by Crippen LogP contribution is 2.41. The van der Waals surface area contributed by atoms with Gasteiger partial charge < -0.3 is 24.4 Å². The second kappa shape index (κ2) is 9.60. The Morgan fingerprint density at radius 2 is 1.68 bits per heavy atom. The zero-order valence-electron chi connectivity index (χ0n) is 20.7. The summed E-state index contributed by atoms with van der Waals surface area (Å²) in [5, 5.41) is 25.1. The van der Waals surface area contributed by atoms with Crippen LogP contribution in [0.5, 0.6) is 0 Å². The molecule has 0 saturated carbocycles. The number of nitrogens with one attached hydrogen (secondary N) is 2. The summed E-state index contributed by atoms with van der Waals surface area (Å²) in [7, 11) is 0. The molecule has 4 heterocycles. The number of aromatic nitrogens is 1. The van der Waals surface area contributed by atoms with E-state index in [4.69, 9.17) is 9.73 Å². The average Bonchev–Trinajstić information content (AvgIpc) is 3.41. The van der Waals surface area contributed by atoms with Gasteiger partial charge in [0.15, 0.2) is 6.23 Å². The van der Waals surface area contributed by atoms with E-state index in [2.05, 4.69) is 10.7 Å². The Bertz CT molecular complexity index is 1370. The van der Waals surface area contributed by atoms with Crippen molar-refractivity contribution in [2.24, 2.45) is 4.99 Å². The summed E-state index contributed by atoms with van der Waals surface area (Å²) in [6.45, 7) is 2.49. The van der Waals surface area contributed by atoms with Crippen LogP contribution in [0.3, 0.4) is 0 Å². The molecule has 0 spiro atoms. The highest BCUT2D eigenvalue weighted by atomic mass is 16.6. The van der Waals surface area contributed by atoms with Crippen LogP contribution in [0.4, 0.5) is 17.2 Å². The maximum absolute atomic E-state index is 11.7. The summed E-state index contributed by atoms with van der Waals surface area (Å²) in [6.07, 6.45) is 0.292. The molecule has 11 heteroatoms. The number of piperazine rings is 1. The monoisotopic (exact) mass is 516 g/mol. The minimum absolute atomic E-state index is 0.133. The normalized spacial score (nSPS) is 24.9. The summed E-state index contributed by atoms with van der Waals surface area (Å²) < 4.78 is 7.69. The molecule has 196 valence electrons. The number of hydrazine groups is 1. The minimum atomic E-state index is -1.07. The fourth-order valence-corrected chi connectivity index (χ4v) is 5.11. The largest absolute Gasteiger partial charge is 0.388 e. The number of ether oxygens (including phenoxy) is 1. The van der Waals surface area contributed by atoms with Crippen molar-refractivity contribution >= 4 is 35.3 Å². The lowest BCUT2D eigenvalue weighted by molar-refractivity contribution is -0.130. The number of nitrogens with zero attached hydrogens (tertiary/aromatic N) is 4. The van der Waals surface area contributed by atoms with E-state index in [0.29, 0.717) is 12.4 Å². The molecule has 3 aliphatic rings. The number of aliphatic imine (C=N–C) groups is 1. The van der Waals surface area contributed by atoms with Gasteiger partial charge in [-0.05, 0) is 36.8 Å². The average molecular weight is 517 g/mol. The summed E-state index contributed by atoms with van der Waals surface area (Å²) >= 11 is 0. The molecule has 2 fully saturated rings. The van der Waals surface area contributed by atoms with Crippen molar-refractivity contribution in [2.75, 3.05) is 23.4 Å². The zero-order valence-corrected chi connectivity index (χ0v) is 20.7. The third-order valence-corrected chi connectivity index (χ3v) is 7.04. The standard InChI is InChI=1S/C27H28N6O5/c1-16-24(36)25(37)27(38-16)33-12-20(17-5-3-2-4-6-17)21-11-32(15-28-26(21)33)30-18-7-9-19(10-8-18)31-13-22(34)29-23(35)14-31/h2-10,12,15-16,24-25,27,30,36-37H,11,13-14H2,1H3,(H,29,34,35)/t16-,24-,25-,27-/m1/s1. The van der Waals surface area contributed by atoms with E-state index < -0.39 is 24.5 Å². The fraction of sp³-hybridized carbons (Fsp3) is 0.296. The Labute approximate surface area is 218 Å². The van der Waals surface area contributed by atoms with Crippen LogP contribution in [0, 0.1) is 0 Å². The first-order valence-corrected chi connectivity index (χ1v) is 12.4. The van der Waals surface area contributed by atoms with Crippen molar-refractivity contribution in [2.45, 2.75) is 38.0 Å². The number of amides is 2. The second-order valence-electron chi connectivity index (χ2n) is 9.69. The maximum Gasteiger partial charge on any atom is 0.246 e. The number of imide groups is 1. The summed E-state index contributed by atoms with van der Waals surface area (Å²) in [6, 6.07) is 17.4. The van der Waals surface area contributed by atoms with Gasteiger partial charge in [0.2, 0.25) is 11.8 Å². The molecular weight excluding hydrogens is 488 g/mol. The van der Waals surface area contributed by atoms with Crippen molar-refractivity contribution in [3.63, 3.8) is 0 Å². The first-order valence-electron chi connectivity index (χ1n) is 12.4. The molecule has 0 aliphatic carbocycles. The lowest BCUT2D eigenvalue weighted by atomic mass is 10.0. The van der Waals surface area contributed by atoms with E-state index in [1.165, 1.54) is 0 Å². The SMILES string of the molecule is C[C@H]1O[C@@H](n2cc(-c3ccccc3)c3c2N=CN(Nc2ccc(N4CC(=O)NC(=O)C4)cc2)C3)[C@H](O)[C@@H]1O. The molecule has 38 heavy (non-hydrogen) atoms. The van der Waals surface area contributed by atoms with Crippen molar-refractivity contribution in [3.8, 4) is 11.1 Å². The van der Waals surface area contributed by atoms with Crippen LogP contribution in [-0.2, 0) is 20.9 Å². The molecular formula is C27H28N6O5. The number of rotatable bonds is 5. The Hall–Kier alpha value is -4.19. The summed E-state index contributed by atoms with van der Waals surface area (Å²) in [5.41, 5.74) is 7.84. The van der Waals surface area contributed by atoms with E-state index in [1.54, 1.807) is 22.7 Å². The predicted octanol–water partition coefficient (Wildman–Crippen LogP) is 1.76. The molecule has 0 unspecified atom stereocenters. The topological polar surface area (TPSA) is 132 Å². The van der Waals surface area contributed by atoms with Gasteiger partial charge >= 0.3 is 0 Å². The summed E-state index contributed by atoms with van der Waals surface area (Å²) in [4.78, 5) is 29.8. The van der Waals surface area contributed by atoms with Crippen LogP contribution in [-0.4, -0.2) is 69.3 Å². The molecule has 2 saturated heterocycles. The van der Waals surface area contributed by atoms with Crippen molar-refractivity contribution < 1.29 is 24.5 Å². The quantitative estimate of drug-likeness (QED) is 0.378. The first kappa shape index (κ1) is 24.2. The number of carbonyl (C=O) groups is 2. The number of anilines is 2. The molecule has 4 atom stereocenters. The first-order chi connectivity index (χ1) is 18.4. The molecule has 3 aromatic rings. The van der Waals surface area contributed by atoms with Crippen LogP contribution >= 0.6 is 0 Å². The van der Waals surface area contributed by atoms with Gasteiger partial charge in [-0.15, -0.1) is 0 Å². The molecule has 4 N–H and O–H groups in total. The van der Waals surface area contributed by atoms with Crippen LogP contribution in [0.1, 0.15) is 18.7 Å². The Kier molecular flexibility index (Phi) is 6.10. The van der Waals surface area contributed by atoms with Gasteiger partial charge in [0.1, 0.15) is 24.4 Å². The minimum Gasteiger partial charge on any atom is -0.388 e. The highest BCUT2D eigenvalue weighted by Gasteiger charge is 2.43. The Morgan fingerprint density at radius 1 is 0.974 bits per heavy atom. The van der Waals surface area contributed by atoms with Gasteiger partial charge in [-0.1, -0.05) is 30.3 Å². The molecule has 11 nitrogen and oxygen atoms in total. The third-order valence-electron chi connectivity index (χ3n) is 7.04. The van der Waals surface area contributed by atoms with Gasteiger partial charge in [0.25, 0.3) is 0 Å². The van der Waals surface area contributed by atoms with E-state index >= 15 is 0 Å². The summed E-state index contributed by atoms with van der Waals surface area (Å²) in [5.74, 6) is 0.0319. The smallest absolute Gasteiger partial charge is 0.246 e. The number of fused-ring (bicyclic) bond motifs is 1. The van der Waals surface area contributed by atoms with Crippen molar-refractivity contribution in [1.82, 2.24) is 14.9 Å². The van der Waals surface area contributed by atoms with E-state index in [9.17, 15) is 19.8 Å². The predicted molar refractivity (Wildman–Crippen MR) is 141 cm³/mol. The number of carbonyl (C=O) groups excluding carboxylic acids is 2. The number of aliphatic hydroxyl groups excluding tert-OH is 2. The van der Waals surface area contributed by atoms with Gasteiger partial charge in [-0.3, -0.25) is 25.3 Å². The number of hydrogen-bond donors (Lipinski definition) is 4. The molecule has 1 aromatic heterocycles. The number of benzene rings is 2. The van der Waals surface area contributed by atoms with Gasteiger partial charge in [0, 0.05) is 23.0 Å². The van der Waals surface area contributed by atoms with Crippen LogP contribution < -0.4 is 15.6 Å². The van der Waals surface area contributed by atoms with E-state index in [1.807, 2.05) is 65.8 Å². The second-order valence-corrected chi connectivity index (χ2v) is 9.69. The molecule has 0 radical (unpaired) electrons. The number of hydrogen-bond acceptors (Lipinski definition) is 9.